The van der Waals surface area contributed by atoms with Gasteiger partial charge in [0.2, 0.25) is 0 Å². The van der Waals surface area contributed by atoms with Crippen LogP contribution in [-0.4, -0.2) is 0 Å². The largest absolute Gasteiger partial charge is 0.0998 e. The maximum absolute atomic E-state index is 4.34. The van der Waals surface area contributed by atoms with Crippen molar-refractivity contribution in [2.24, 2.45) is 34.5 Å². The third-order valence-electron chi connectivity index (χ3n) is 8.25. The lowest BCUT2D eigenvalue weighted by Crippen LogP contribution is -2.49. The van der Waals surface area contributed by atoms with Gasteiger partial charge < -0.3 is 0 Å². The van der Waals surface area contributed by atoms with Gasteiger partial charge in [0, 0.05) is 0 Å². The van der Waals surface area contributed by atoms with Crippen molar-refractivity contribution in [2.45, 2.75) is 65.7 Å². The second-order valence-electron chi connectivity index (χ2n) is 9.15. The standard InChI is InChI=1S/C22H32/c1-15(2)18-10-11-19-17-9-8-16-7-5-6-13-21(16,3)20(17)12-14-22(18,19)4/h5,7-8,17-20H,1,6,9-14H2,2-4H3/t17-,18+,19-,20-,21-,22+/m0/s1. The van der Waals surface area contributed by atoms with E-state index in [0.29, 0.717) is 10.8 Å². The van der Waals surface area contributed by atoms with Crippen LogP contribution >= 0.6 is 0 Å². The zero-order valence-corrected chi connectivity index (χ0v) is 14.7. The molecule has 0 N–H and O–H groups in total. The predicted molar refractivity (Wildman–Crippen MR) is 94.5 cm³/mol. The normalized spacial score (nSPS) is 49.9. The molecule has 0 aromatic rings. The number of fused-ring (bicyclic) bond motifs is 5. The van der Waals surface area contributed by atoms with E-state index in [4.69, 9.17) is 0 Å². The minimum Gasteiger partial charge on any atom is -0.0998 e. The van der Waals surface area contributed by atoms with E-state index < -0.39 is 0 Å². The molecule has 6 atom stereocenters. The van der Waals surface area contributed by atoms with Gasteiger partial charge in [-0.25, -0.2) is 0 Å². The molecule has 0 nitrogen and oxygen atoms in total. The first-order valence-corrected chi connectivity index (χ1v) is 9.49. The van der Waals surface area contributed by atoms with Crippen LogP contribution in [-0.2, 0) is 0 Å². The summed E-state index contributed by atoms with van der Waals surface area (Å²) in [7, 11) is 0. The Kier molecular flexibility index (Phi) is 3.26. The molecule has 0 aromatic carbocycles. The van der Waals surface area contributed by atoms with Crippen molar-refractivity contribution in [1.29, 1.82) is 0 Å². The van der Waals surface area contributed by atoms with Gasteiger partial charge in [-0.1, -0.05) is 44.2 Å². The highest BCUT2D eigenvalue weighted by Gasteiger charge is 2.57. The molecule has 0 bridgehead atoms. The number of hydrogen-bond acceptors (Lipinski definition) is 0. The molecule has 0 amide bonds. The maximum Gasteiger partial charge on any atom is -0.00445 e. The van der Waals surface area contributed by atoms with Crippen LogP contribution in [0.3, 0.4) is 0 Å². The van der Waals surface area contributed by atoms with Crippen molar-refractivity contribution in [1.82, 2.24) is 0 Å². The monoisotopic (exact) mass is 296 g/mol. The topological polar surface area (TPSA) is 0 Å². The van der Waals surface area contributed by atoms with Gasteiger partial charge in [0.15, 0.2) is 0 Å². The van der Waals surface area contributed by atoms with Crippen LogP contribution in [0.25, 0.3) is 0 Å². The first kappa shape index (κ1) is 14.8. The zero-order valence-electron chi connectivity index (χ0n) is 14.7. The molecule has 120 valence electrons. The van der Waals surface area contributed by atoms with Gasteiger partial charge in [0.25, 0.3) is 0 Å². The van der Waals surface area contributed by atoms with Crippen molar-refractivity contribution in [2.75, 3.05) is 0 Å². The molecule has 0 saturated heterocycles. The first-order valence-electron chi connectivity index (χ1n) is 9.49. The molecule has 4 aliphatic rings. The highest BCUT2D eigenvalue weighted by molar-refractivity contribution is 5.34. The van der Waals surface area contributed by atoms with Gasteiger partial charge >= 0.3 is 0 Å². The average Bonchev–Trinajstić information content (AvgIpc) is 2.84. The van der Waals surface area contributed by atoms with Crippen molar-refractivity contribution < 1.29 is 0 Å². The van der Waals surface area contributed by atoms with Crippen LogP contribution in [0.4, 0.5) is 0 Å². The Morgan fingerprint density at radius 2 is 1.95 bits per heavy atom. The van der Waals surface area contributed by atoms with E-state index in [1.165, 1.54) is 50.5 Å². The number of hydrogen-bond donors (Lipinski definition) is 0. The fourth-order valence-electron chi connectivity index (χ4n) is 7.11. The highest BCUT2D eigenvalue weighted by atomic mass is 14.6. The Labute approximate surface area is 136 Å². The van der Waals surface area contributed by atoms with E-state index in [2.05, 4.69) is 45.6 Å². The zero-order chi connectivity index (χ0) is 15.5. The minimum atomic E-state index is 0.473. The lowest BCUT2D eigenvalue weighted by Gasteiger charge is -2.57. The van der Waals surface area contributed by atoms with Crippen LogP contribution in [0.2, 0.25) is 0 Å². The summed E-state index contributed by atoms with van der Waals surface area (Å²) in [4.78, 5) is 0. The fourth-order valence-corrected chi connectivity index (χ4v) is 7.11. The molecule has 22 heavy (non-hydrogen) atoms. The van der Waals surface area contributed by atoms with Crippen LogP contribution < -0.4 is 0 Å². The Hall–Kier alpha value is -0.780. The molecule has 2 saturated carbocycles. The van der Waals surface area contributed by atoms with Crippen molar-refractivity contribution in [3.05, 3.63) is 36.0 Å². The molecule has 0 aromatic heterocycles. The third-order valence-corrected chi connectivity index (χ3v) is 8.25. The Morgan fingerprint density at radius 3 is 2.73 bits per heavy atom. The fraction of sp³-hybridized carbons (Fsp3) is 0.727. The lowest BCUT2D eigenvalue weighted by atomic mass is 9.48. The summed E-state index contributed by atoms with van der Waals surface area (Å²) in [5, 5.41) is 0. The van der Waals surface area contributed by atoms with E-state index in [-0.39, 0.29) is 0 Å². The molecule has 0 heteroatoms. The second kappa shape index (κ2) is 4.86. The Morgan fingerprint density at radius 1 is 1.14 bits per heavy atom. The number of allylic oxidation sites excluding steroid dienone is 5. The van der Waals surface area contributed by atoms with Gasteiger partial charge in [0.05, 0.1) is 0 Å². The SMILES string of the molecule is C=C(C)[C@H]1CC[C@H]2[C@@H]3CC=C4C=CCC[C@]4(C)[C@H]3CC[C@]12C. The van der Waals surface area contributed by atoms with Gasteiger partial charge in [0.1, 0.15) is 0 Å². The smallest absolute Gasteiger partial charge is 0.00445 e. The van der Waals surface area contributed by atoms with E-state index >= 15 is 0 Å². The summed E-state index contributed by atoms with van der Waals surface area (Å²) < 4.78 is 0. The summed E-state index contributed by atoms with van der Waals surface area (Å²) in [5.74, 6) is 3.58. The Bertz CT molecular complexity index is 550. The predicted octanol–water partition coefficient (Wildman–Crippen LogP) is 6.31. The van der Waals surface area contributed by atoms with Crippen molar-refractivity contribution in [3.63, 3.8) is 0 Å². The minimum absolute atomic E-state index is 0.473. The molecule has 0 aliphatic heterocycles. The van der Waals surface area contributed by atoms with Gasteiger partial charge in [-0.3, -0.25) is 0 Å². The molecule has 0 spiro atoms. The molecule has 0 unspecified atom stereocenters. The van der Waals surface area contributed by atoms with Crippen LogP contribution in [0.15, 0.2) is 36.0 Å². The first-order chi connectivity index (χ1) is 10.5. The summed E-state index contributed by atoms with van der Waals surface area (Å²) in [6.07, 6.45) is 17.2. The van der Waals surface area contributed by atoms with Crippen molar-refractivity contribution >= 4 is 0 Å². The van der Waals surface area contributed by atoms with Crippen LogP contribution in [0.1, 0.15) is 65.7 Å². The molecule has 4 aliphatic carbocycles. The maximum atomic E-state index is 4.34. The van der Waals surface area contributed by atoms with E-state index in [1.807, 2.05) is 0 Å². The average molecular weight is 296 g/mol. The van der Waals surface area contributed by atoms with Crippen LogP contribution in [0.5, 0.6) is 0 Å². The third kappa shape index (κ3) is 1.82. The molecular weight excluding hydrogens is 264 g/mol. The van der Waals surface area contributed by atoms with Crippen LogP contribution in [0, 0.1) is 34.5 Å². The molecule has 4 rings (SSSR count). The lowest BCUT2D eigenvalue weighted by molar-refractivity contribution is -0.0299. The van der Waals surface area contributed by atoms with Crippen molar-refractivity contribution in [3.8, 4) is 0 Å². The highest BCUT2D eigenvalue weighted by Crippen LogP contribution is 2.66. The van der Waals surface area contributed by atoms with E-state index in [9.17, 15) is 0 Å². The van der Waals surface area contributed by atoms with Gasteiger partial charge in [-0.2, -0.15) is 0 Å². The Balaban J connectivity index is 1.70. The molecule has 2 fully saturated rings. The second-order valence-corrected chi connectivity index (χ2v) is 9.15. The van der Waals surface area contributed by atoms with Gasteiger partial charge in [-0.15, -0.1) is 0 Å². The summed E-state index contributed by atoms with van der Waals surface area (Å²) in [6, 6.07) is 0. The quantitative estimate of drug-likeness (QED) is 0.497. The molecule has 0 radical (unpaired) electrons. The van der Waals surface area contributed by atoms with E-state index in [1.54, 1.807) is 5.57 Å². The summed E-state index contributed by atoms with van der Waals surface area (Å²) >= 11 is 0. The summed E-state index contributed by atoms with van der Waals surface area (Å²) in [6.45, 7) is 11.8. The summed E-state index contributed by atoms with van der Waals surface area (Å²) in [5.41, 5.74) is 4.12. The number of rotatable bonds is 1. The van der Waals surface area contributed by atoms with Gasteiger partial charge in [-0.05, 0) is 91.9 Å². The molecular formula is C22H32. The molecule has 0 heterocycles. The van der Waals surface area contributed by atoms with E-state index in [0.717, 1.165) is 23.7 Å².